The zero-order valence-corrected chi connectivity index (χ0v) is 6.18. The predicted molar refractivity (Wildman–Crippen MR) is 34.4 cm³/mol. The summed E-state index contributed by atoms with van der Waals surface area (Å²) in [4.78, 5) is 0. The molecule has 0 radical (unpaired) electrons. The van der Waals surface area contributed by atoms with E-state index in [1.165, 1.54) is 0 Å². The SMILES string of the molecule is CC(C)[C@@H](NC[O-])C(=N)[O-]. The van der Waals surface area contributed by atoms with E-state index in [9.17, 15) is 10.2 Å². The van der Waals surface area contributed by atoms with E-state index in [2.05, 4.69) is 5.32 Å². The molecule has 0 aromatic rings. The number of rotatable bonds is 4. The van der Waals surface area contributed by atoms with Crippen LogP contribution in [0.1, 0.15) is 13.8 Å². The molecular weight excluding hydrogens is 132 g/mol. The van der Waals surface area contributed by atoms with Gasteiger partial charge in [-0.2, -0.15) is 0 Å². The molecule has 0 aliphatic rings. The van der Waals surface area contributed by atoms with Crippen LogP contribution in [0.2, 0.25) is 0 Å². The molecule has 0 saturated heterocycles. The maximum atomic E-state index is 10.4. The second kappa shape index (κ2) is 4.24. The Bertz CT molecular complexity index is 114. The molecule has 0 rings (SSSR count). The first-order valence-electron chi connectivity index (χ1n) is 3.16. The van der Waals surface area contributed by atoms with Gasteiger partial charge in [0, 0.05) is 6.04 Å². The highest BCUT2D eigenvalue weighted by Crippen LogP contribution is 1.98. The van der Waals surface area contributed by atoms with Gasteiger partial charge in [-0.1, -0.05) is 20.6 Å². The van der Waals surface area contributed by atoms with Gasteiger partial charge in [0.15, 0.2) is 0 Å². The fourth-order valence-corrected chi connectivity index (χ4v) is 0.721. The van der Waals surface area contributed by atoms with Crippen LogP contribution in [0.3, 0.4) is 0 Å². The Hall–Kier alpha value is -0.610. The van der Waals surface area contributed by atoms with Crippen LogP contribution in [-0.4, -0.2) is 18.7 Å². The maximum Gasteiger partial charge on any atom is 0.0356 e. The third kappa shape index (κ3) is 2.80. The van der Waals surface area contributed by atoms with E-state index in [0.717, 1.165) is 0 Å². The lowest BCUT2D eigenvalue weighted by atomic mass is 10.1. The zero-order valence-electron chi connectivity index (χ0n) is 6.18. The van der Waals surface area contributed by atoms with Crippen LogP contribution in [0.15, 0.2) is 0 Å². The van der Waals surface area contributed by atoms with Crippen molar-refractivity contribution in [3.05, 3.63) is 0 Å². The zero-order chi connectivity index (χ0) is 8.15. The molecule has 0 aliphatic heterocycles. The summed E-state index contributed by atoms with van der Waals surface area (Å²) in [5.74, 6) is -0.704. The molecule has 0 amide bonds. The minimum absolute atomic E-state index is 0.0129. The highest BCUT2D eigenvalue weighted by atomic mass is 16.3. The van der Waals surface area contributed by atoms with Gasteiger partial charge in [0.25, 0.3) is 0 Å². The van der Waals surface area contributed by atoms with Gasteiger partial charge in [-0.05, 0) is 11.8 Å². The molecule has 0 aliphatic carbocycles. The minimum Gasteiger partial charge on any atom is -0.861 e. The van der Waals surface area contributed by atoms with E-state index in [0.29, 0.717) is 0 Å². The van der Waals surface area contributed by atoms with Gasteiger partial charge in [-0.25, -0.2) is 0 Å². The third-order valence-electron chi connectivity index (χ3n) is 1.25. The van der Waals surface area contributed by atoms with E-state index in [-0.39, 0.29) is 5.92 Å². The maximum absolute atomic E-state index is 10.4. The molecule has 0 saturated carbocycles. The van der Waals surface area contributed by atoms with Crippen molar-refractivity contribution in [2.45, 2.75) is 19.9 Å². The Balaban J connectivity index is 3.85. The number of hydrogen-bond donors (Lipinski definition) is 2. The molecule has 4 nitrogen and oxygen atoms in total. The summed E-state index contributed by atoms with van der Waals surface area (Å²) in [5.41, 5.74) is 0. The van der Waals surface area contributed by atoms with Crippen molar-refractivity contribution in [1.82, 2.24) is 5.32 Å². The lowest BCUT2D eigenvalue weighted by molar-refractivity contribution is -0.377. The first-order chi connectivity index (χ1) is 4.59. The van der Waals surface area contributed by atoms with Crippen LogP contribution in [0.4, 0.5) is 0 Å². The van der Waals surface area contributed by atoms with Gasteiger partial charge >= 0.3 is 0 Å². The molecule has 60 valence electrons. The van der Waals surface area contributed by atoms with Crippen LogP contribution >= 0.6 is 0 Å². The standard InChI is InChI=1S/C6H13N2O2/c1-4(2)5(6(7)10)8-3-9/h4-5,8H,3H2,1-2H3,(H2,7,10)/q-1/p-1/t5-/m1/s1. The second-order valence-corrected chi connectivity index (χ2v) is 2.43. The van der Waals surface area contributed by atoms with Crippen LogP contribution in [0.25, 0.3) is 0 Å². The summed E-state index contributed by atoms with van der Waals surface area (Å²) >= 11 is 0. The Labute approximate surface area is 60.4 Å². The molecule has 2 N–H and O–H groups in total. The van der Waals surface area contributed by atoms with Crippen molar-refractivity contribution in [1.29, 1.82) is 5.41 Å². The molecule has 0 bridgehead atoms. The highest BCUT2D eigenvalue weighted by molar-refractivity contribution is 5.74. The Kier molecular flexibility index (Phi) is 3.99. The predicted octanol–water partition coefficient (Wildman–Crippen LogP) is -1.74. The van der Waals surface area contributed by atoms with Crippen molar-refractivity contribution in [2.24, 2.45) is 5.92 Å². The normalized spacial score (nSPS) is 13.6. The van der Waals surface area contributed by atoms with Gasteiger partial charge in [-0.3, -0.25) is 0 Å². The fraction of sp³-hybridized carbons (Fsp3) is 0.833. The van der Waals surface area contributed by atoms with Gasteiger partial charge in [0.1, 0.15) is 0 Å². The van der Waals surface area contributed by atoms with Gasteiger partial charge in [-0.15, -0.1) is 0 Å². The van der Waals surface area contributed by atoms with Crippen LogP contribution in [0.5, 0.6) is 0 Å². The summed E-state index contributed by atoms with van der Waals surface area (Å²) in [6.07, 6.45) is 0. The Morgan fingerprint density at radius 1 is 1.60 bits per heavy atom. The van der Waals surface area contributed by atoms with E-state index >= 15 is 0 Å². The molecule has 0 fully saturated rings. The topological polar surface area (TPSA) is 82.0 Å². The molecule has 0 aromatic heterocycles. The van der Waals surface area contributed by atoms with E-state index < -0.39 is 18.7 Å². The molecule has 0 spiro atoms. The molecule has 0 heterocycles. The summed E-state index contributed by atoms with van der Waals surface area (Å²) in [7, 11) is 0. The lowest BCUT2D eigenvalue weighted by Crippen LogP contribution is -2.49. The summed E-state index contributed by atoms with van der Waals surface area (Å²) in [6, 6.07) is -0.600. The van der Waals surface area contributed by atoms with Gasteiger partial charge in [0.2, 0.25) is 0 Å². The Morgan fingerprint density at radius 3 is 2.20 bits per heavy atom. The largest absolute Gasteiger partial charge is 0.861 e. The second-order valence-electron chi connectivity index (χ2n) is 2.43. The quantitative estimate of drug-likeness (QED) is 0.279. The summed E-state index contributed by atoms with van der Waals surface area (Å²) in [6.45, 7) is 3.08. The van der Waals surface area contributed by atoms with Crippen molar-refractivity contribution < 1.29 is 10.2 Å². The number of hydrogen-bond acceptors (Lipinski definition) is 4. The van der Waals surface area contributed by atoms with E-state index in [1.54, 1.807) is 13.8 Å². The smallest absolute Gasteiger partial charge is 0.0356 e. The summed E-state index contributed by atoms with van der Waals surface area (Å²) < 4.78 is 0. The molecule has 10 heavy (non-hydrogen) atoms. The number of nitrogens with one attached hydrogen (secondary N) is 2. The van der Waals surface area contributed by atoms with Crippen LogP contribution < -0.4 is 15.5 Å². The van der Waals surface area contributed by atoms with Gasteiger partial charge in [0.05, 0.1) is 0 Å². The van der Waals surface area contributed by atoms with E-state index in [4.69, 9.17) is 5.41 Å². The third-order valence-corrected chi connectivity index (χ3v) is 1.25. The first kappa shape index (κ1) is 9.39. The molecular formula is C6H12N2O2-2. The Morgan fingerprint density at radius 2 is 2.10 bits per heavy atom. The van der Waals surface area contributed by atoms with Crippen molar-refractivity contribution >= 4 is 5.90 Å². The monoisotopic (exact) mass is 144 g/mol. The van der Waals surface area contributed by atoms with Crippen molar-refractivity contribution in [2.75, 3.05) is 6.73 Å². The minimum atomic E-state index is -0.717. The van der Waals surface area contributed by atoms with Crippen molar-refractivity contribution in [3.8, 4) is 0 Å². The van der Waals surface area contributed by atoms with E-state index in [1.807, 2.05) is 0 Å². The average molecular weight is 144 g/mol. The van der Waals surface area contributed by atoms with Crippen LogP contribution in [-0.2, 0) is 0 Å². The average Bonchev–Trinajstić information content (AvgIpc) is 1.81. The lowest BCUT2D eigenvalue weighted by Gasteiger charge is -2.27. The van der Waals surface area contributed by atoms with Crippen molar-refractivity contribution in [3.63, 3.8) is 0 Å². The molecule has 4 heteroatoms. The highest BCUT2D eigenvalue weighted by Gasteiger charge is 2.08. The van der Waals surface area contributed by atoms with Crippen LogP contribution in [0, 0.1) is 11.3 Å². The summed E-state index contributed by atoms with van der Waals surface area (Å²) in [5, 5.41) is 29.6. The molecule has 1 atom stereocenters. The fourth-order valence-electron chi connectivity index (χ4n) is 0.721. The first-order valence-corrected chi connectivity index (χ1v) is 3.16. The molecule has 0 aromatic carbocycles. The molecule has 0 unspecified atom stereocenters. The van der Waals surface area contributed by atoms with Gasteiger partial charge < -0.3 is 20.9 Å².